The largest absolute Gasteiger partial charge is 0.481 e. The molecule has 3 N–H and O–H groups in total. The van der Waals surface area contributed by atoms with Gasteiger partial charge in [0.1, 0.15) is 6.10 Å². The van der Waals surface area contributed by atoms with E-state index in [1.807, 2.05) is 92.7 Å². The number of nitrogens with zero attached hydrogens (tertiary/aromatic N) is 1. The maximum absolute atomic E-state index is 12.5. The van der Waals surface area contributed by atoms with E-state index in [1.54, 1.807) is 6.92 Å². The Balaban J connectivity index is 1.40. The summed E-state index contributed by atoms with van der Waals surface area (Å²) in [7, 11) is 0. The van der Waals surface area contributed by atoms with Crippen LogP contribution >= 0.6 is 0 Å². The molecule has 1 aromatic heterocycles. The molecule has 0 aliphatic rings. The van der Waals surface area contributed by atoms with Crippen LogP contribution in [0, 0.1) is 6.92 Å². The van der Waals surface area contributed by atoms with Crippen molar-refractivity contribution in [3.05, 3.63) is 101 Å². The first kappa shape index (κ1) is 26.5. The number of nitrogens with one attached hydrogen (secondary N) is 2. The molecule has 8 nitrogen and oxygen atoms in total. The number of aryl methyl sites for hydroxylation is 1. The average molecular weight is 514 g/mol. The molecule has 2 atom stereocenters. The lowest BCUT2D eigenvalue weighted by molar-refractivity contribution is -0.138. The van der Waals surface area contributed by atoms with Gasteiger partial charge in [-0.05, 0) is 54.7 Å². The van der Waals surface area contributed by atoms with E-state index < -0.39 is 24.1 Å². The third kappa shape index (κ3) is 6.39. The molecule has 38 heavy (non-hydrogen) atoms. The second-order valence-corrected chi connectivity index (χ2v) is 9.03. The number of hydrogen-bond acceptors (Lipinski definition) is 6. The summed E-state index contributed by atoms with van der Waals surface area (Å²) in [6.45, 7) is 6.04. The van der Waals surface area contributed by atoms with E-state index in [0.717, 1.165) is 27.9 Å². The molecule has 0 fully saturated rings. The molecule has 0 saturated heterocycles. The predicted molar refractivity (Wildman–Crippen MR) is 146 cm³/mol. The molecular formula is C30H31N3O5. The topological polar surface area (TPSA) is 114 Å². The highest BCUT2D eigenvalue weighted by Crippen LogP contribution is 2.32. The number of ether oxygens (including phenoxy) is 1. The zero-order valence-electron chi connectivity index (χ0n) is 21.6. The van der Waals surface area contributed by atoms with Crippen LogP contribution in [0.3, 0.4) is 0 Å². The van der Waals surface area contributed by atoms with Gasteiger partial charge in [-0.1, -0.05) is 78.8 Å². The fourth-order valence-electron chi connectivity index (χ4n) is 4.28. The van der Waals surface area contributed by atoms with Crippen LogP contribution in [0.4, 0.5) is 16.4 Å². The maximum atomic E-state index is 12.5. The van der Waals surface area contributed by atoms with Gasteiger partial charge in [-0.15, -0.1) is 0 Å². The Bertz CT molecular complexity index is 1380. The van der Waals surface area contributed by atoms with Crippen LogP contribution in [0.1, 0.15) is 54.7 Å². The molecule has 196 valence electrons. The van der Waals surface area contributed by atoms with Gasteiger partial charge in [0.2, 0.25) is 5.88 Å². The third-order valence-corrected chi connectivity index (χ3v) is 6.37. The van der Waals surface area contributed by atoms with Crippen molar-refractivity contribution in [2.45, 2.75) is 45.8 Å². The van der Waals surface area contributed by atoms with Crippen molar-refractivity contribution in [3.8, 4) is 11.1 Å². The molecule has 1 amide bonds. The Kier molecular flexibility index (Phi) is 8.43. The molecule has 0 aliphatic carbocycles. The fourth-order valence-corrected chi connectivity index (χ4v) is 4.28. The van der Waals surface area contributed by atoms with Crippen LogP contribution in [0.5, 0.6) is 0 Å². The van der Waals surface area contributed by atoms with Gasteiger partial charge in [0.15, 0.2) is 0 Å². The number of aliphatic carboxylic acids is 1. The molecule has 3 aromatic carbocycles. The molecule has 4 rings (SSSR count). The Morgan fingerprint density at radius 3 is 2.39 bits per heavy atom. The van der Waals surface area contributed by atoms with Gasteiger partial charge < -0.3 is 19.7 Å². The van der Waals surface area contributed by atoms with E-state index in [2.05, 4.69) is 15.8 Å². The standard InChI is InChI=1S/C30H31N3O5/c1-4-26(29(34)35)24-11-8-12-25(17-24)31-18-21-13-15-23(16-14-21)27-19(2)33-38-28(27)32-30(36)37-20(3)22-9-6-5-7-10-22/h5-17,20,26,31H,4,18H2,1-3H3,(H,32,36)(H,34,35). The average Bonchev–Trinajstić information content (AvgIpc) is 3.28. The minimum atomic E-state index is -0.822. The highest BCUT2D eigenvalue weighted by Gasteiger charge is 2.20. The van der Waals surface area contributed by atoms with Crippen LogP contribution in [-0.4, -0.2) is 22.3 Å². The predicted octanol–water partition coefficient (Wildman–Crippen LogP) is 7.15. The van der Waals surface area contributed by atoms with Gasteiger partial charge in [-0.2, -0.15) is 0 Å². The number of amides is 1. The van der Waals surface area contributed by atoms with E-state index in [-0.39, 0.29) is 5.88 Å². The normalized spacial score (nSPS) is 12.4. The summed E-state index contributed by atoms with van der Waals surface area (Å²) >= 11 is 0. The van der Waals surface area contributed by atoms with Crippen LogP contribution in [0.2, 0.25) is 0 Å². The minimum Gasteiger partial charge on any atom is -0.481 e. The lowest BCUT2D eigenvalue weighted by atomic mass is 9.96. The van der Waals surface area contributed by atoms with E-state index in [4.69, 9.17) is 9.26 Å². The summed E-state index contributed by atoms with van der Waals surface area (Å²) in [5, 5.41) is 19.5. The highest BCUT2D eigenvalue weighted by molar-refractivity contribution is 5.89. The monoisotopic (exact) mass is 513 g/mol. The van der Waals surface area contributed by atoms with Crippen molar-refractivity contribution in [2.24, 2.45) is 0 Å². The summed E-state index contributed by atoms with van der Waals surface area (Å²) in [6.07, 6.45) is -0.522. The van der Waals surface area contributed by atoms with Crippen LogP contribution < -0.4 is 10.6 Å². The Hall–Kier alpha value is -4.59. The first-order chi connectivity index (χ1) is 18.4. The fraction of sp³-hybridized carbons (Fsp3) is 0.233. The summed E-state index contributed by atoms with van der Waals surface area (Å²) < 4.78 is 10.9. The maximum Gasteiger partial charge on any atom is 0.414 e. The molecule has 0 bridgehead atoms. The molecule has 2 unspecified atom stereocenters. The van der Waals surface area contributed by atoms with E-state index in [0.29, 0.717) is 24.2 Å². The Morgan fingerprint density at radius 1 is 1.00 bits per heavy atom. The van der Waals surface area contributed by atoms with Gasteiger partial charge in [0, 0.05) is 12.2 Å². The summed E-state index contributed by atoms with van der Waals surface area (Å²) in [5.41, 5.74) is 5.72. The van der Waals surface area contributed by atoms with Gasteiger partial charge in [0.25, 0.3) is 0 Å². The first-order valence-corrected chi connectivity index (χ1v) is 12.5. The number of carbonyl (C=O) groups is 2. The number of benzene rings is 3. The van der Waals surface area contributed by atoms with Crippen LogP contribution in [0.25, 0.3) is 11.1 Å². The smallest absolute Gasteiger partial charge is 0.414 e. The van der Waals surface area contributed by atoms with Gasteiger partial charge in [0.05, 0.1) is 17.2 Å². The molecular weight excluding hydrogens is 482 g/mol. The zero-order chi connectivity index (χ0) is 27.1. The summed E-state index contributed by atoms with van der Waals surface area (Å²) in [4.78, 5) is 24.0. The molecule has 0 radical (unpaired) electrons. The molecule has 4 aromatic rings. The first-order valence-electron chi connectivity index (χ1n) is 12.5. The number of carboxylic acids is 1. The number of carboxylic acid groups (broad SMARTS) is 1. The van der Waals surface area contributed by atoms with E-state index in [1.165, 1.54) is 0 Å². The number of aromatic nitrogens is 1. The van der Waals surface area contributed by atoms with Crippen molar-refractivity contribution in [1.29, 1.82) is 0 Å². The van der Waals surface area contributed by atoms with Gasteiger partial charge in [-0.25, -0.2) is 4.79 Å². The minimum absolute atomic E-state index is 0.222. The third-order valence-electron chi connectivity index (χ3n) is 6.37. The van der Waals surface area contributed by atoms with Crippen LogP contribution in [-0.2, 0) is 16.1 Å². The lowest BCUT2D eigenvalue weighted by Crippen LogP contribution is -2.16. The summed E-state index contributed by atoms with van der Waals surface area (Å²) in [6, 6.07) is 24.8. The van der Waals surface area contributed by atoms with Crippen molar-refractivity contribution < 1.29 is 24.0 Å². The molecule has 1 heterocycles. The van der Waals surface area contributed by atoms with Crippen molar-refractivity contribution in [3.63, 3.8) is 0 Å². The number of anilines is 2. The molecule has 0 saturated carbocycles. The summed E-state index contributed by atoms with van der Waals surface area (Å²) in [5.74, 6) is -1.12. The molecule has 0 aliphatic heterocycles. The quantitative estimate of drug-likeness (QED) is 0.206. The Morgan fingerprint density at radius 2 is 1.71 bits per heavy atom. The van der Waals surface area contributed by atoms with Crippen molar-refractivity contribution >= 4 is 23.6 Å². The second-order valence-electron chi connectivity index (χ2n) is 9.03. The van der Waals surface area contributed by atoms with Gasteiger partial charge >= 0.3 is 12.1 Å². The lowest BCUT2D eigenvalue weighted by Gasteiger charge is -2.14. The van der Waals surface area contributed by atoms with Crippen molar-refractivity contribution in [1.82, 2.24) is 5.16 Å². The Labute approximate surface area is 221 Å². The van der Waals surface area contributed by atoms with Gasteiger partial charge in [-0.3, -0.25) is 10.1 Å². The zero-order valence-corrected chi connectivity index (χ0v) is 21.6. The number of hydrogen-bond donors (Lipinski definition) is 3. The van der Waals surface area contributed by atoms with Crippen LogP contribution in [0.15, 0.2) is 83.4 Å². The van der Waals surface area contributed by atoms with Crippen molar-refractivity contribution in [2.75, 3.05) is 10.6 Å². The SMILES string of the molecule is CCC(C(=O)O)c1cccc(NCc2ccc(-c3c(C)noc3NC(=O)OC(C)c3ccccc3)cc2)c1. The van der Waals surface area contributed by atoms with E-state index in [9.17, 15) is 14.7 Å². The highest BCUT2D eigenvalue weighted by atomic mass is 16.6. The number of carbonyl (C=O) groups excluding carboxylic acids is 1. The molecule has 0 spiro atoms. The second kappa shape index (κ2) is 12.1. The molecule has 8 heteroatoms. The number of rotatable bonds is 10. The van der Waals surface area contributed by atoms with E-state index >= 15 is 0 Å².